The number of nitrogens with one attached hydrogen (secondary N) is 2. The minimum atomic E-state index is -0.488. The molecule has 0 aliphatic heterocycles. The number of amides is 2. The maximum Gasteiger partial charge on any atom is 0.319 e. The van der Waals surface area contributed by atoms with Crippen molar-refractivity contribution in [3.05, 3.63) is 30.1 Å². The number of carbonyl (C=O) groups excluding carboxylic acids is 1. The van der Waals surface area contributed by atoms with E-state index in [1.54, 1.807) is 13.0 Å². The third-order valence-electron chi connectivity index (χ3n) is 2.27. The average molecular weight is 254 g/mol. The Hall–Kier alpha value is -2.31. The molecule has 0 saturated carbocycles. The van der Waals surface area contributed by atoms with E-state index in [1.807, 2.05) is 0 Å². The van der Waals surface area contributed by atoms with Crippen LogP contribution in [0.1, 0.15) is 6.92 Å². The number of hydrogen-bond acceptors (Lipinski definition) is 3. The second-order valence-corrected chi connectivity index (χ2v) is 3.77. The summed E-state index contributed by atoms with van der Waals surface area (Å²) in [6, 6.07) is 5.05. The van der Waals surface area contributed by atoms with Gasteiger partial charge in [-0.1, -0.05) is 18.1 Å². The van der Waals surface area contributed by atoms with E-state index >= 15 is 0 Å². The lowest BCUT2D eigenvalue weighted by molar-refractivity contribution is 0.251. The highest BCUT2D eigenvalue weighted by molar-refractivity contribution is 5.90. The number of nitrogens with zero attached hydrogens (tertiary/aromatic N) is 1. The first-order chi connectivity index (χ1) is 8.52. The fourth-order valence-electron chi connectivity index (χ4n) is 1.19. The number of hydrogen-bond donors (Lipinski definition) is 4. The number of rotatable bonds is 4. The monoisotopic (exact) mass is 254 g/mol. The van der Waals surface area contributed by atoms with Crippen molar-refractivity contribution in [1.82, 2.24) is 5.32 Å². The van der Waals surface area contributed by atoms with Gasteiger partial charge in [0.1, 0.15) is 11.7 Å². The largest absolute Gasteiger partial charge is 0.409 e. The van der Waals surface area contributed by atoms with Crippen LogP contribution < -0.4 is 16.4 Å². The van der Waals surface area contributed by atoms with E-state index in [0.29, 0.717) is 5.69 Å². The third kappa shape index (κ3) is 4.28. The molecule has 0 aromatic heterocycles. The number of benzene rings is 1. The van der Waals surface area contributed by atoms with Gasteiger partial charge in [0.25, 0.3) is 0 Å². The molecule has 1 rings (SSSR count). The molecule has 7 heteroatoms. The highest BCUT2D eigenvalue weighted by atomic mass is 19.1. The summed E-state index contributed by atoms with van der Waals surface area (Å²) in [5.41, 5.74) is 5.70. The number of halogens is 1. The minimum Gasteiger partial charge on any atom is -0.409 e. The summed E-state index contributed by atoms with van der Waals surface area (Å²) >= 11 is 0. The summed E-state index contributed by atoms with van der Waals surface area (Å²) < 4.78 is 12.9. The molecule has 0 fully saturated rings. The molecule has 1 aromatic carbocycles. The van der Waals surface area contributed by atoms with Crippen LogP contribution in [-0.4, -0.2) is 23.6 Å². The number of nitrogens with two attached hydrogens (primary N) is 1. The van der Waals surface area contributed by atoms with E-state index < -0.39 is 11.8 Å². The Morgan fingerprint density at radius 2 is 2.33 bits per heavy atom. The van der Waals surface area contributed by atoms with Gasteiger partial charge in [-0.3, -0.25) is 0 Å². The topological polar surface area (TPSA) is 99.7 Å². The molecule has 0 radical (unpaired) electrons. The van der Waals surface area contributed by atoms with Crippen LogP contribution in [0.4, 0.5) is 14.9 Å². The SMILES string of the molecule is CC(CNC(=O)Nc1cccc(F)c1)C(N)=NO. The number of carbonyl (C=O) groups is 1. The Labute approximate surface area is 104 Å². The van der Waals surface area contributed by atoms with E-state index in [0.717, 1.165) is 0 Å². The van der Waals surface area contributed by atoms with E-state index in [1.165, 1.54) is 18.2 Å². The summed E-state index contributed by atoms with van der Waals surface area (Å²) in [5.74, 6) is -0.702. The standard InChI is InChI=1S/C11H15FN4O2/c1-7(10(13)16-18)6-14-11(17)15-9-4-2-3-8(12)5-9/h2-5,7,18H,6H2,1H3,(H2,13,16)(H2,14,15,17). The van der Waals surface area contributed by atoms with Crippen molar-refractivity contribution in [3.8, 4) is 0 Å². The summed E-state index contributed by atoms with van der Waals surface area (Å²) in [6.45, 7) is 1.90. The fraction of sp³-hybridized carbons (Fsp3) is 0.273. The van der Waals surface area contributed by atoms with Crippen LogP contribution in [0, 0.1) is 11.7 Å². The van der Waals surface area contributed by atoms with Gasteiger partial charge in [-0.05, 0) is 18.2 Å². The predicted molar refractivity (Wildman–Crippen MR) is 66.0 cm³/mol. The van der Waals surface area contributed by atoms with Gasteiger partial charge in [0.05, 0.1) is 0 Å². The molecule has 0 heterocycles. The molecule has 0 spiro atoms. The maximum absolute atomic E-state index is 12.9. The lowest BCUT2D eigenvalue weighted by atomic mass is 10.1. The van der Waals surface area contributed by atoms with E-state index in [2.05, 4.69) is 15.8 Å². The lowest BCUT2D eigenvalue weighted by Gasteiger charge is -2.11. The molecule has 0 aliphatic rings. The van der Waals surface area contributed by atoms with Crippen molar-refractivity contribution in [3.63, 3.8) is 0 Å². The molecule has 0 saturated heterocycles. The molecule has 5 N–H and O–H groups in total. The van der Waals surface area contributed by atoms with E-state index in [9.17, 15) is 9.18 Å². The van der Waals surface area contributed by atoms with Crippen molar-refractivity contribution in [2.75, 3.05) is 11.9 Å². The number of oxime groups is 1. The first-order valence-corrected chi connectivity index (χ1v) is 5.30. The molecule has 0 bridgehead atoms. The second kappa shape index (κ2) is 6.43. The van der Waals surface area contributed by atoms with Crippen LogP contribution in [0.5, 0.6) is 0 Å². The quantitative estimate of drug-likeness (QED) is 0.282. The number of amidine groups is 1. The second-order valence-electron chi connectivity index (χ2n) is 3.77. The minimum absolute atomic E-state index is 0.0288. The normalized spacial score (nSPS) is 12.9. The third-order valence-corrected chi connectivity index (χ3v) is 2.27. The van der Waals surface area contributed by atoms with Gasteiger partial charge in [0.2, 0.25) is 0 Å². The van der Waals surface area contributed by atoms with Crippen LogP contribution in [-0.2, 0) is 0 Å². The fourth-order valence-corrected chi connectivity index (χ4v) is 1.19. The Morgan fingerprint density at radius 3 is 2.94 bits per heavy atom. The summed E-state index contributed by atoms with van der Waals surface area (Å²) in [6.07, 6.45) is 0. The van der Waals surface area contributed by atoms with Crippen molar-refractivity contribution in [2.45, 2.75) is 6.92 Å². The van der Waals surface area contributed by atoms with Crippen LogP contribution in [0.2, 0.25) is 0 Å². The van der Waals surface area contributed by atoms with Crippen molar-refractivity contribution in [1.29, 1.82) is 0 Å². The van der Waals surface area contributed by atoms with Gasteiger partial charge in [-0.2, -0.15) is 0 Å². The van der Waals surface area contributed by atoms with Crippen molar-refractivity contribution < 1.29 is 14.4 Å². The van der Waals surface area contributed by atoms with Gasteiger partial charge in [0.15, 0.2) is 0 Å². The Bertz CT molecular complexity index is 450. The molecular weight excluding hydrogens is 239 g/mol. The zero-order valence-corrected chi connectivity index (χ0v) is 9.85. The van der Waals surface area contributed by atoms with Crippen LogP contribution in [0.25, 0.3) is 0 Å². The number of anilines is 1. The van der Waals surface area contributed by atoms with Gasteiger partial charge in [-0.15, -0.1) is 0 Å². The number of urea groups is 1. The zero-order chi connectivity index (χ0) is 13.5. The summed E-state index contributed by atoms with van der Waals surface area (Å²) in [5, 5.41) is 16.2. The van der Waals surface area contributed by atoms with Gasteiger partial charge in [0, 0.05) is 18.2 Å². The first kappa shape index (κ1) is 13.8. The summed E-state index contributed by atoms with van der Waals surface area (Å²) in [7, 11) is 0. The smallest absolute Gasteiger partial charge is 0.319 e. The van der Waals surface area contributed by atoms with Crippen LogP contribution in [0.15, 0.2) is 29.4 Å². The lowest BCUT2D eigenvalue weighted by Crippen LogP contribution is -2.36. The zero-order valence-electron chi connectivity index (χ0n) is 9.85. The molecule has 1 aromatic rings. The van der Waals surface area contributed by atoms with Crippen LogP contribution in [0.3, 0.4) is 0 Å². The Balaban J connectivity index is 2.43. The molecule has 2 amide bonds. The molecule has 1 unspecified atom stereocenters. The van der Waals surface area contributed by atoms with Gasteiger partial charge in [-0.25, -0.2) is 9.18 Å². The van der Waals surface area contributed by atoms with E-state index in [-0.39, 0.29) is 18.3 Å². The molecule has 6 nitrogen and oxygen atoms in total. The average Bonchev–Trinajstić information content (AvgIpc) is 2.35. The highest BCUT2D eigenvalue weighted by Crippen LogP contribution is 2.08. The van der Waals surface area contributed by atoms with E-state index in [4.69, 9.17) is 10.9 Å². The Morgan fingerprint density at radius 1 is 1.61 bits per heavy atom. The molecule has 98 valence electrons. The Kier molecular flexibility index (Phi) is 4.91. The highest BCUT2D eigenvalue weighted by Gasteiger charge is 2.09. The van der Waals surface area contributed by atoms with Gasteiger partial charge < -0.3 is 21.6 Å². The molecule has 1 atom stereocenters. The summed E-state index contributed by atoms with van der Waals surface area (Å²) in [4.78, 5) is 11.5. The molecule has 0 aliphatic carbocycles. The van der Waals surface area contributed by atoms with Crippen molar-refractivity contribution >= 4 is 17.6 Å². The maximum atomic E-state index is 12.9. The molecular formula is C11H15FN4O2. The molecule has 18 heavy (non-hydrogen) atoms. The van der Waals surface area contributed by atoms with Crippen LogP contribution >= 0.6 is 0 Å². The van der Waals surface area contributed by atoms with Crippen molar-refractivity contribution in [2.24, 2.45) is 16.8 Å². The van der Waals surface area contributed by atoms with Gasteiger partial charge >= 0.3 is 6.03 Å². The predicted octanol–water partition coefficient (Wildman–Crippen LogP) is 1.33. The first-order valence-electron chi connectivity index (χ1n) is 5.30.